The van der Waals surface area contributed by atoms with Crippen LogP contribution in [0.2, 0.25) is 0 Å². The summed E-state index contributed by atoms with van der Waals surface area (Å²) in [6, 6.07) is 10.7. The molecule has 0 radical (unpaired) electrons. The van der Waals surface area contributed by atoms with Gasteiger partial charge in [-0.25, -0.2) is 17.5 Å². The van der Waals surface area contributed by atoms with Gasteiger partial charge in [-0.05, 0) is 30.5 Å². The van der Waals surface area contributed by atoms with E-state index < -0.39 is 10.0 Å². The van der Waals surface area contributed by atoms with Crippen molar-refractivity contribution < 1.29 is 17.7 Å². The summed E-state index contributed by atoms with van der Waals surface area (Å²) in [6.07, 6.45) is 1.19. The summed E-state index contributed by atoms with van der Waals surface area (Å²) >= 11 is 1.65. The van der Waals surface area contributed by atoms with Crippen molar-refractivity contribution in [1.82, 2.24) is 4.72 Å². The predicted molar refractivity (Wildman–Crippen MR) is 104 cm³/mol. The Bertz CT molecular complexity index is 819. The highest BCUT2D eigenvalue weighted by Crippen LogP contribution is 2.22. The number of thiophene rings is 1. The fourth-order valence-corrected chi connectivity index (χ4v) is 5.53. The Morgan fingerprint density at radius 2 is 1.88 bits per heavy atom. The van der Waals surface area contributed by atoms with E-state index in [4.69, 9.17) is 0 Å². The highest BCUT2D eigenvalue weighted by atomic mass is 32.2. The van der Waals surface area contributed by atoms with E-state index >= 15 is 0 Å². The number of nitrogens with one attached hydrogen (secondary N) is 2. The van der Waals surface area contributed by atoms with Crippen LogP contribution in [0.3, 0.4) is 0 Å². The molecule has 0 unspecified atom stereocenters. The highest BCUT2D eigenvalue weighted by molar-refractivity contribution is 7.88. The summed E-state index contributed by atoms with van der Waals surface area (Å²) in [5, 5.41) is 2.02. The fraction of sp³-hybridized carbons (Fsp3) is 0.444. The fourth-order valence-electron chi connectivity index (χ4n) is 3.73. The number of benzene rings is 1. The monoisotopic (exact) mass is 398 g/mol. The Kier molecular flexibility index (Phi) is 5.96. The van der Waals surface area contributed by atoms with Crippen LogP contribution in [0, 0.1) is 5.82 Å². The lowest BCUT2D eigenvalue weighted by molar-refractivity contribution is -0.933. The molecule has 1 aromatic heterocycles. The Balaban J connectivity index is 1.74. The summed E-state index contributed by atoms with van der Waals surface area (Å²) in [6.45, 7) is 5.05. The van der Waals surface area contributed by atoms with Crippen LogP contribution in [0.1, 0.15) is 17.8 Å². The number of hydrogen-bond donors (Lipinski definition) is 2. The first-order chi connectivity index (χ1) is 12.3. The van der Waals surface area contributed by atoms with E-state index in [-0.39, 0.29) is 17.9 Å². The van der Waals surface area contributed by atoms with Crippen LogP contribution in [0.15, 0.2) is 41.8 Å². The minimum atomic E-state index is -3.28. The van der Waals surface area contributed by atoms with Crippen LogP contribution in [-0.2, 0) is 10.0 Å². The molecule has 8 heteroatoms. The normalized spacial score (nSPS) is 18.7. The quantitative estimate of drug-likeness (QED) is 0.771. The maximum atomic E-state index is 14.0. The number of rotatable bonds is 6. The first kappa shape index (κ1) is 19.3. The molecule has 0 saturated carbocycles. The highest BCUT2D eigenvalue weighted by Gasteiger charge is 2.35. The van der Waals surface area contributed by atoms with Crippen LogP contribution >= 0.6 is 11.3 Å². The zero-order valence-electron chi connectivity index (χ0n) is 15.0. The second kappa shape index (κ2) is 8.04. The molecule has 26 heavy (non-hydrogen) atoms. The van der Waals surface area contributed by atoms with Crippen LogP contribution < -0.4 is 14.5 Å². The standard InChI is InChI=1S/C18H24FN3O2S2/c1-14(20-26(2,23)24)18(17-8-5-13-25-17)22-11-9-21(10-12-22)16-7-4-3-6-15(16)19/h3-8,13-14,18,20H,9-12H2,1-2H3/p+1/t14-,18-/m1/s1. The number of piperazine rings is 1. The summed E-state index contributed by atoms with van der Waals surface area (Å²) in [5.41, 5.74) is 0.640. The second-order valence-electron chi connectivity index (χ2n) is 6.77. The zero-order chi connectivity index (χ0) is 18.7. The third kappa shape index (κ3) is 4.62. The van der Waals surface area contributed by atoms with Crippen molar-refractivity contribution in [2.75, 3.05) is 37.3 Å². The third-order valence-electron chi connectivity index (χ3n) is 4.79. The summed E-state index contributed by atoms with van der Waals surface area (Å²) < 4.78 is 40.2. The maximum absolute atomic E-state index is 14.0. The largest absolute Gasteiger partial charge is 0.358 e. The number of halogens is 1. The minimum absolute atomic E-state index is 0.0486. The first-order valence-corrected chi connectivity index (χ1v) is 11.5. The van der Waals surface area contributed by atoms with Gasteiger partial charge in [0, 0.05) is 0 Å². The number of nitrogens with zero attached hydrogens (tertiary/aromatic N) is 1. The van der Waals surface area contributed by atoms with Gasteiger partial charge >= 0.3 is 0 Å². The Hall–Kier alpha value is -1.48. The van der Waals surface area contributed by atoms with Crippen molar-refractivity contribution in [3.63, 3.8) is 0 Å². The van der Waals surface area contributed by atoms with E-state index in [0.717, 1.165) is 26.2 Å². The third-order valence-corrected chi connectivity index (χ3v) is 6.54. The Morgan fingerprint density at radius 3 is 2.46 bits per heavy atom. The zero-order valence-corrected chi connectivity index (χ0v) is 16.6. The molecule has 0 spiro atoms. The van der Waals surface area contributed by atoms with E-state index in [9.17, 15) is 12.8 Å². The molecule has 0 amide bonds. The topological polar surface area (TPSA) is 53.9 Å². The number of anilines is 1. The predicted octanol–water partition coefficient (Wildman–Crippen LogP) is 1.27. The minimum Gasteiger partial charge on any atom is -0.358 e. The molecule has 2 aromatic rings. The Labute approximate surface area is 158 Å². The van der Waals surface area contributed by atoms with Gasteiger partial charge in [0.25, 0.3) is 0 Å². The molecule has 2 heterocycles. The van der Waals surface area contributed by atoms with Crippen LogP contribution in [-0.4, -0.2) is 46.9 Å². The van der Waals surface area contributed by atoms with Gasteiger partial charge in [0.15, 0.2) is 0 Å². The summed E-state index contributed by atoms with van der Waals surface area (Å²) in [4.78, 5) is 4.56. The van der Waals surface area contributed by atoms with E-state index in [1.54, 1.807) is 17.4 Å². The molecular weight excluding hydrogens is 373 g/mol. The van der Waals surface area contributed by atoms with E-state index in [2.05, 4.69) is 15.7 Å². The van der Waals surface area contributed by atoms with Gasteiger partial charge < -0.3 is 9.80 Å². The summed E-state index contributed by atoms with van der Waals surface area (Å²) in [5.74, 6) is -0.196. The van der Waals surface area contributed by atoms with Gasteiger partial charge in [0.1, 0.15) is 11.9 Å². The van der Waals surface area contributed by atoms with E-state index in [0.29, 0.717) is 5.69 Å². The molecule has 1 aliphatic heterocycles. The van der Waals surface area contributed by atoms with E-state index in [1.807, 2.05) is 30.5 Å². The van der Waals surface area contributed by atoms with E-state index in [1.165, 1.54) is 22.1 Å². The molecule has 0 aliphatic carbocycles. The lowest BCUT2D eigenvalue weighted by Crippen LogP contribution is -3.16. The number of para-hydroxylation sites is 1. The second-order valence-corrected chi connectivity index (χ2v) is 9.53. The molecular formula is C18H25FN3O2S2+. The van der Waals surface area contributed by atoms with Crippen molar-refractivity contribution >= 4 is 27.0 Å². The lowest BCUT2D eigenvalue weighted by Gasteiger charge is -2.39. The van der Waals surface area contributed by atoms with Crippen LogP contribution in [0.25, 0.3) is 0 Å². The average molecular weight is 399 g/mol. The molecule has 142 valence electrons. The van der Waals surface area contributed by atoms with Crippen LogP contribution in [0.5, 0.6) is 0 Å². The Morgan fingerprint density at radius 1 is 1.19 bits per heavy atom. The smallest absolute Gasteiger partial charge is 0.209 e. The molecule has 1 saturated heterocycles. The number of quaternary nitrogens is 1. The van der Waals surface area contributed by atoms with Crippen molar-refractivity contribution in [2.24, 2.45) is 0 Å². The molecule has 5 nitrogen and oxygen atoms in total. The van der Waals surface area contributed by atoms with Crippen molar-refractivity contribution in [3.8, 4) is 0 Å². The molecule has 2 N–H and O–H groups in total. The summed E-state index contributed by atoms with van der Waals surface area (Å²) in [7, 11) is -3.28. The number of hydrogen-bond acceptors (Lipinski definition) is 4. The molecule has 2 atom stereocenters. The van der Waals surface area contributed by atoms with Gasteiger partial charge in [0.05, 0.1) is 49.0 Å². The molecule has 1 aromatic carbocycles. The molecule has 3 rings (SSSR count). The van der Waals surface area contributed by atoms with Gasteiger partial charge in [0.2, 0.25) is 10.0 Å². The molecule has 0 bridgehead atoms. The van der Waals surface area contributed by atoms with Gasteiger partial charge in [-0.1, -0.05) is 18.2 Å². The van der Waals surface area contributed by atoms with Gasteiger partial charge in [-0.3, -0.25) is 0 Å². The maximum Gasteiger partial charge on any atom is 0.209 e. The van der Waals surface area contributed by atoms with Crippen molar-refractivity contribution in [1.29, 1.82) is 0 Å². The van der Waals surface area contributed by atoms with Crippen molar-refractivity contribution in [3.05, 3.63) is 52.5 Å². The van der Waals surface area contributed by atoms with Gasteiger partial charge in [-0.2, -0.15) is 0 Å². The average Bonchev–Trinajstić information content (AvgIpc) is 3.09. The SMILES string of the molecule is C[C@@H](NS(C)(=O)=O)[C@H](c1cccs1)[NH+]1CCN(c2ccccc2F)CC1. The first-order valence-electron chi connectivity index (χ1n) is 8.70. The molecule has 1 fully saturated rings. The van der Waals surface area contributed by atoms with Crippen LogP contribution in [0.4, 0.5) is 10.1 Å². The lowest BCUT2D eigenvalue weighted by atomic mass is 10.1. The van der Waals surface area contributed by atoms with Crippen molar-refractivity contribution in [2.45, 2.75) is 19.0 Å². The van der Waals surface area contributed by atoms with Gasteiger partial charge in [-0.15, -0.1) is 11.3 Å². The molecule has 1 aliphatic rings. The number of sulfonamides is 1.